The van der Waals surface area contributed by atoms with Crippen molar-refractivity contribution in [3.05, 3.63) is 162 Å². The molecule has 2 radical (unpaired) electrons. The molecule has 2 heteroatoms. The molecule has 0 aliphatic carbocycles. The molecule has 0 aromatic heterocycles. The van der Waals surface area contributed by atoms with Crippen LogP contribution in [0.3, 0.4) is 0 Å². The Bertz CT molecular complexity index is 1470. The van der Waals surface area contributed by atoms with Gasteiger partial charge in [-0.05, 0) is 24.0 Å². The summed E-state index contributed by atoms with van der Waals surface area (Å²) in [5.74, 6) is 0. The fourth-order valence-electron chi connectivity index (χ4n) is 5.38. The third kappa shape index (κ3) is 10.7. The summed E-state index contributed by atoms with van der Waals surface area (Å²) in [6, 6.07) is 44.0. The van der Waals surface area contributed by atoms with Crippen LogP contribution in [0, 0.1) is 29.7 Å². The van der Waals surface area contributed by atoms with Crippen LogP contribution >= 0.6 is 0 Å². The average molecular weight is 674 g/mol. The van der Waals surface area contributed by atoms with Crippen LogP contribution in [0.4, 0.5) is 0 Å². The van der Waals surface area contributed by atoms with Gasteiger partial charge in [-0.1, -0.05) is 123 Å². The van der Waals surface area contributed by atoms with E-state index < -0.39 is 0 Å². The second-order valence-corrected chi connectivity index (χ2v) is 10.3. The van der Waals surface area contributed by atoms with Gasteiger partial charge in [0.25, 0.3) is 0 Å². The number of hydrogen-bond donors (Lipinski definition) is 0. The Morgan fingerprint density at radius 1 is 0.500 bits per heavy atom. The summed E-state index contributed by atoms with van der Waals surface area (Å²) < 4.78 is 0. The predicted molar refractivity (Wildman–Crippen MR) is 199 cm³/mol. The maximum absolute atomic E-state index is 3.06. The first-order valence-electron chi connectivity index (χ1n) is 14.5. The van der Waals surface area contributed by atoms with Gasteiger partial charge in [-0.3, -0.25) is 0 Å². The average Bonchev–Trinajstić information content (AvgIpc) is 3.65. The first kappa shape index (κ1) is 41.2. The van der Waals surface area contributed by atoms with E-state index in [1.54, 1.807) is 0 Å². The topological polar surface area (TPSA) is 0 Å². The van der Waals surface area contributed by atoms with Crippen molar-refractivity contribution in [2.45, 2.75) is 52.4 Å². The zero-order valence-electron chi connectivity index (χ0n) is 27.8. The molecule has 0 nitrogen and oxygen atoms in total. The van der Waals surface area contributed by atoms with Gasteiger partial charge in [0.2, 0.25) is 0 Å². The molecule has 232 valence electrons. The van der Waals surface area contributed by atoms with Crippen LogP contribution < -0.4 is 0 Å². The van der Waals surface area contributed by atoms with Gasteiger partial charge in [-0.15, -0.1) is 69.1 Å². The van der Waals surface area contributed by atoms with E-state index in [0.717, 1.165) is 0 Å². The Morgan fingerprint density at radius 2 is 0.864 bits per heavy atom. The van der Waals surface area contributed by atoms with Gasteiger partial charge < -0.3 is 29.7 Å². The Kier molecular flexibility index (Phi) is 20.4. The van der Waals surface area contributed by atoms with Crippen molar-refractivity contribution in [1.29, 1.82) is 0 Å². The van der Waals surface area contributed by atoms with Crippen LogP contribution in [0.1, 0.15) is 50.7 Å². The fourth-order valence-corrected chi connectivity index (χ4v) is 5.38. The molecule has 6 aromatic carbocycles. The molecule has 0 bridgehead atoms. The first-order chi connectivity index (χ1) is 19.8. The van der Waals surface area contributed by atoms with Crippen molar-refractivity contribution in [3.8, 4) is 22.3 Å². The van der Waals surface area contributed by atoms with Gasteiger partial charge >= 0.3 is 30.2 Å². The monoisotopic (exact) mass is 672 g/mol. The van der Waals surface area contributed by atoms with Crippen molar-refractivity contribution < 1.29 is 23.3 Å². The van der Waals surface area contributed by atoms with Gasteiger partial charge in [0.15, 0.2) is 0 Å². The van der Waals surface area contributed by atoms with Gasteiger partial charge in [0.05, 0.1) is 0 Å². The van der Waals surface area contributed by atoms with Crippen molar-refractivity contribution in [2.24, 2.45) is 0 Å². The molecule has 0 spiro atoms. The van der Waals surface area contributed by atoms with Crippen molar-refractivity contribution in [3.63, 3.8) is 0 Å². The molecule has 0 fully saturated rings. The molecule has 0 unspecified atom stereocenters. The summed E-state index contributed by atoms with van der Waals surface area (Å²) in [5.41, 5.74) is 8.25. The van der Waals surface area contributed by atoms with Crippen LogP contribution in [-0.2, 0) is 36.2 Å². The molecular formula is C42H50SiZr-6. The summed E-state index contributed by atoms with van der Waals surface area (Å²) in [7, 11) is 0. The van der Waals surface area contributed by atoms with Crippen LogP contribution in [0.2, 0.25) is 0 Å². The predicted octanol–water partition coefficient (Wildman–Crippen LogP) is 12.6. The molecule has 0 aliphatic rings. The van der Waals surface area contributed by atoms with Crippen molar-refractivity contribution in [1.82, 2.24) is 0 Å². The normalized spacial score (nSPS) is 9.57. The molecule has 0 N–H and O–H groups in total. The van der Waals surface area contributed by atoms with Gasteiger partial charge in [0.1, 0.15) is 0 Å². The summed E-state index contributed by atoms with van der Waals surface area (Å²) >= 11 is 1.36. The minimum absolute atomic E-state index is 0. The van der Waals surface area contributed by atoms with Gasteiger partial charge in [-0.25, -0.2) is 0 Å². The molecule has 44 heavy (non-hydrogen) atoms. The van der Waals surface area contributed by atoms with Crippen LogP contribution in [0.15, 0.2) is 121 Å². The van der Waals surface area contributed by atoms with Crippen molar-refractivity contribution >= 4 is 28.4 Å². The summed E-state index contributed by atoms with van der Waals surface area (Å²) in [6.45, 7) is 7.56. The number of rotatable bonds is 8. The second-order valence-electron chi connectivity index (χ2n) is 10.3. The van der Waals surface area contributed by atoms with E-state index in [1.807, 2.05) is 0 Å². The number of benzene rings is 4. The Labute approximate surface area is 286 Å². The zero-order valence-corrected chi connectivity index (χ0v) is 31.2. The number of aryl methyl sites for hydroxylation is 2. The molecule has 0 atom stereocenters. The molecule has 0 saturated carbocycles. The maximum atomic E-state index is 3.06. The Balaban J connectivity index is 0.000000733. The van der Waals surface area contributed by atoms with Crippen LogP contribution in [-0.4, -0.2) is 6.88 Å². The Hall–Kier alpha value is -2.80. The van der Waals surface area contributed by atoms with Crippen LogP contribution in [0.5, 0.6) is 0 Å². The number of hydrogen-bond acceptors (Lipinski definition) is 0. The molecule has 0 heterocycles. The zero-order chi connectivity index (χ0) is 28.2. The van der Waals surface area contributed by atoms with E-state index >= 15 is 0 Å². The SMILES string of the molecule is CCCCc1cc2c(-c3ccccc3)cccc2[cH-]1.CCCCc1cc2c(-c3ccccc3)cccc2[cH-]1.[CH3-].[CH3-].[CH3-].[CH3-].[Si]=[Zr]. The molecule has 6 aromatic rings. The quantitative estimate of drug-likeness (QED) is 0.111. The Morgan fingerprint density at radius 3 is 1.20 bits per heavy atom. The molecule has 0 aliphatic heterocycles. The van der Waals surface area contributed by atoms with E-state index in [0.29, 0.717) is 0 Å². The van der Waals surface area contributed by atoms with Crippen LogP contribution in [0.25, 0.3) is 43.8 Å². The van der Waals surface area contributed by atoms with Gasteiger partial charge in [-0.2, -0.15) is 12.1 Å². The second kappa shape index (κ2) is 21.8. The number of fused-ring (bicyclic) bond motifs is 2. The number of unbranched alkanes of at least 4 members (excludes halogenated alkanes) is 2. The first-order valence-corrected chi connectivity index (χ1v) is 18.7. The molecule has 0 amide bonds. The molecule has 0 saturated heterocycles. The van der Waals surface area contributed by atoms with E-state index in [1.165, 1.54) is 117 Å². The van der Waals surface area contributed by atoms with E-state index in [9.17, 15) is 0 Å². The third-order valence-corrected chi connectivity index (χ3v) is 7.43. The minimum atomic E-state index is 0. The fraction of sp³-hybridized carbons (Fsp3) is 0.190. The summed E-state index contributed by atoms with van der Waals surface area (Å²) in [4.78, 5) is 0. The van der Waals surface area contributed by atoms with Gasteiger partial charge in [0, 0.05) is 0 Å². The third-order valence-electron chi connectivity index (χ3n) is 7.43. The van der Waals surface area contributed by atoms with Crippen molar-refractivity contribution in [2.75, 3.05) is 0 Å². The summed E-state index contributed by atoms with van der Waals surface area (Å²) in [5, 5.41) is 5.51. The van der Waals surface area contributed by atoms with E-state index in [2.05, 4.69) is 142 Å². The molecule has 6 rings (SSSR count). The standard InChI is InChI=1S/2C19H19.4CH3.Si.Zr/c2*1-2-3-8-15-13-17-11-7-12-18(19(17)14-15)16-9-5-4-6-10-16;;;;;;/h2*4-7,9-14H,2-3,8H2,1H3;4*1H3;;/q6*-1;;. The molecular weight excluding hydrogens is 624 g/mol. The van der Waals surface area contributed by atoms with E-state index in [4.69, 9.17) is 0 Å². The van der Waals surface area contributed by atoms with E-state index in [-0.39, 0.29) is 29.7 Å². The summed E-state index contributed by atoms with van der Waals surface area (Å²) in [6.07, 6.45) is 7.45.